The zero-order valence-electron chi connectivity index (χ0n) is 38.0. The molecule has 10 heteroatoms. The van der Waals surface area contributed by atoms with E-state index < -0.39 is 49.4 Å². The molecule has 348 valence electrons. The van der Waals surface area contributed by atoms with Crippen LogP contribution >= 0.6 is 0 Å². The molecule has 0 aromatic carbocycles. The molecule has 1 saturated heterocycles. The molecule has 0 aromatic rings. The molecule has 0 saturated carbocycles. The van der Waals surface area contributed by atoms with E-state index in [1.54, 1.807) is 0 Å². The number of carbonyl (C=O) groups is 2. The van der Waals surface area contributed by atoms with Crippen LogP contribution in [0.1, 0.15) is 232 Å². The third kappa shape index (κ3) is 31.9. The molecule has 0 aliphatic carbocycles. The van der Waals surface area contributed by atoms with Crippen molar-refractivity contribution in [1.82, 2.24) is 0 Å². The van der Waals surface area contributed by atoms with Crippen LogP contribution in [0.25, 0.3) is 0 Å². The first-order chi connectivity index (χ1) is 28.8. The minimum atomic E-state index is -1.59. The van der Waals surface area contributed by atoms with Gasteiger partial charge < -0.3 is 39.4 Å². The van der Waals surface area contributed by atoms with E-state index in [0.29, 0.717) is 6.42 Å². The number of unbranched alkanes of at least 4 members (excludes halogenated alkanes) is 29. The first-order valence-corrected chi connectivity index (χ1v) is 24.8. The summed E-state index contributed by atoms with van der Waals surface area (Å²) in [6, 6.07) is 0. The van der Waals surface area contributed by atoms with Gasteiger partial charge in [0, 0.05) is 12.8 Å². The van der Waals surface area contributed by atoms with Crippen molar-refractivity contribution in [3.63, 3.8) is 0 Å². The van der Waals surface area contributed by atoms with Gasteiger partial charge in [0.1, 0.15) is 31.0 Å². The maximum Gasteiger partial charge on any atom is 0.306 e. The molecule has 4 N–H and O–H groups in total. The van der Waals surface area contributed by atoms with Crippen LogP contribution < -0.4 is 0 Å². The Kier molecular flexibility index (Phi) is 38.1. The summed E-state index contributed by atoms with van der Waals surface area (Å²) in [7, 11) is 0. The maximum absolute atomic E-state index is 12.8. The van der Waals surface area contributed by atoms with Gasteiger partial charge in [-0.25, -0.2) is 0 Å². The summed E-state index contributed by atoms with van der Waals surface area (Å²) in [4.78, 5) is 25.4. The fourth-order valence-electron chi connectivity index (χ4n) is 7.71. The number of hydrogen-bond donors (Lipinski definition) is 4. The van der Waals surface area contributed by atoms with E-state index in [-0.39, 0.29) is 32.0 Å². The summed E-state index contributed by atoms with van der Waals surface area (Å²) < 4.78 is 22.2. The van der Waals surface area contributed by atoms with E-state index in [1.165, 1.54) is 154 Å². The van der Waals surface area contributed by atoms with Gasteiger partial charge in [0.25, 0.3) is 0 Å². The topological polar surface area (TPSA) is 152 Å². The van der Waals surface area contributed by atoms with Crippen molar-refractivity contribution in [3.8, 4) is 0 Å². The van der Waals surface area contributed by atoms with E-state index in [1.807, 2.05) is 0 Å². The van der Waals surface area contributed by atoms with Crippen molar-refractivity contribution >= 4 is 11.9 Å². The fraction of sp³-hybridized carbons (Fsp3) is 0.918. The fourth-order valence-corrected chi connectivity index (χ4v) is 7.71. The number of aliphatic hydroxyl groups excluding tert-OH is 4. The largest absolute Gasteiger partial charge is 0.462 e. The van der Waals surface area contributed by atoms with Crippen LogP contribution in [0.2, 0.25) is 0 Å². The second-order valence-electron chi connectivity index (χ2n) is 17.3. The molecular weight excluding hydrogens is 749 g/mol. The summed E-state index contributed by atoms with van der Waals surface area (Å²) in [5.74, 6) is -0.798. The summed E-state index contributed by atoms with van der Waals surface area (Å²) in [6.45, 7) is 3.45. The molecule has 1 aliphatic heterocycles. The summed E-state index contributed by atoms with van der Waals surface area (Å²) in [5, 5.41) is 40.1. The van der Waals surface area contributed by atoms with E-state index >= 15 is 0 Å². The third-order valence-corrected chi connectivity index (χ3v) is 11.7. The lowest BCUT2D eigenvalue weighted by molar-refractivity contribution is -0.305. The van der Waals surface area contributed by atoms with Crippen LogP contribution in [0, 0.1) is 0 Å². The van der Waals surface area contributed by atoms with Gasteiger partial charge in [-0.2, -0.15) is 0 Å². The minimum absolute atomic E-state index is 0.213. The molecule has 1 aliphatic rings. The lowest BCUT2D eigenvalue weighted by atomic mass is 9.99. The van der Waals surface area contributed by atoms with Crippen LogP contribution in [-0.4, -0.2) is 89.0 Å². The van der Waals surface area contributed by atoms with Crippen molar-refractivity contribution in [3.05, 3.63) is 12.2 Å². The van der Waals surface area contributed by atoms with Gasteiger partial charge in [-0.1, -0.05) is 193 Å². The molecule has 1 rings (SSSR count). The minimum Gasteiger partial charge on any atom is -0.462 e. The molecule has 1 heterocycles. The lowest BCUT2D eigenvalue weighted by Gasteiger charge is -2.39. The zero-order chi connectivity index (χ0) is 43.0. The summed E-state index contributed by atoms with van der Waals surface area (Å²) in [5.41, 5.74) is 0. The second kappa shape index (κ2) is 40.5. The Labute approximate surface area is 361 Å². The number of rotatable bonds is 42. The van der Waals surface area contributed by atoms with Crippen LogP contribution in [0.4, 0.5) is 0 Å². The molecule has 1 fully saturated rings. The summed E-state index contributed by atoms with van der Waals surface area (Å²) >= 11 is 0. The van der Waals surface area contributed by atoms with E-state index in [2.05, 4.69) is 26.0 Å². The predicted octanol–water partition coefficient (Wildman–Crippen LogP) is 11.1. The molecule has 0 spiro atoms. The van der Waals surface area contributed by atoms with Gasteiger partial charge in [-0.15, -0.1) is 0 Å². The zero-order valence-corrected chi connectivity index (χ0v) is 38.0. The second-order valence-corrected chi connectivity index (χ2v) is 17.3. The quantitative estimate of drug-likeness (QED) is 0.0265. The van der Waals surface area contributed by atoms with Crippen LogP contribution in [0.3, 0.4) is 0 Å². The molecule has 0 bridgehead atoms. The normalized spacial score (nSPS) is 20.0. The first kappa shape index (κ1) is 55.5. The van der Waals surface area contributed by atoms with Crippen molar-refractivity contribution < 1.29 is 49.0 Å². The summed E-state index contributed by atoms with van der Waals surface area (Å²) in [6.07, 6.45) is 36.4. The molecule has 0 aromatic heterocycles. The highest BCUT2D eigenvalue weighted by Gasteiger charge is 2.44. The van der Waals surface area contributed by atoms with Crippen molar-refractivity contribution in [2.24, 2.45) is 0 Å². The molecule has 6 unspecified atom stereocenters. The van der Waals surface area contributed by atoms with Gasteiger partial charge in [-0.05, 0) is 38.5 Å². The maximum atomic E-state index is 12.8. The van der Waals surface area contributed by atoms with E-state index in [4.69, 9.17) is 18.9 Å². The molecular formula is C49H92O10. The van der Waals surface area contributed by atoms with Crippen molar-refractivity contribution in [1.29, 1.82) is 0 Å². The first-order valence-electron chi connectivity index (χ1n) is 24.8. The standard InChI is InChI=1S/C49H92O10/c1-3-5-7-9-11-13-15-17-19-21-23-25-27-29-31-33-35-37-44(51)56-40-42(41-57-49-48(55)47(54)46(53)43(39-50)59-49)58-45(52)38-36-34-32-30-28-26-24-22-20-18-16-14-12-10-8-6-4-2/h18,20,42-43,46-50,53-55H,3-17,19,21-41H2,1-2H3/b20-18-. The van der Waals surface area contributed by atoms with E-state index in [9.17, 15) is 30.0 Å². The van der Waals surface area contributed by atoms with Crippen molar-refractivity contribution in [2.75, 3.05) is 19.8 Å². The van der Waals surface area contributed by atoms with Gasteiger partial charge in [0.05, 0.1) is 13.2 Å². The van der Waals surface area contributed by atoms with Gasteiger partial charge in [0.2, 0.25) is 0 Å². The average Bonchev–Trinajstić information content (AvgIpc) is 3.23. The van der Waals surface area contributed by atoms with Crippen LogP contribution in [-0.2, 0) is 28.5 Å². The van der Waals surface area contributed by atoms with E-state index in [0.717, 1.165) is 44.9 Å². The number of ether oxygens (including phenoxy) is 4. The molecule has 10 nitrogen and oxygen atoms in total. The molecule has 59 heavy (non-hydrogen) atoms. The Balaban J connectivity index is 2.27. The Morgan fingerprint density at radius 1 is 0.508 bits per heavy atom. The molecule has 0 radical (unpaired) electrons. The molecule has 0 amide bonds. The van der Waals surface area contributed by atoms with Gasteiger partial charge >= 0.3 is 11.9 Å². The van der Waals surface area contributed by atoms with Gasteiger partial charge in [-0.3, -0.25) is 9.59 Å². The Hall–Kier alpha value is -1.56. The Morgan fingerprint density at radius 3 is 1.32 bits per heavy atom. The highest BCUT2D eigenvalue weighted by Crippen LogP contribution is 2.23. The number of allylic oxidation sites excluding steroid dienone is 2. The van der Waals surface area contributed by atoms with Gasteiger partial charge in [0.15, 0.2) is 12.4 Å². The lowest BCUT2D eigenvalue weighted by Crippen LogP contribution is -2.59. The smallest absolute Gasteiger partial charge is 0.306 e. The highest BCUT2D eigenvalue weighted by molar-refractivity contribution is 5.70. The highest BCUT2D eigenvalue weighted by atomic mass is 16.7. The third-order valence-electron chi connectivity index (χ3n) is 11.7. The SMILES string of the molecule is CCCCCCCC/C=C\CCCCCCCCCC(=O)OC(COC(=O)CCCCCCCCCCCCCCCCCCC)COC1OC(CO)C(O)C(O)C1O. The molecule has 6 atom stereocenters. The number of carbonyl (C=O) groups excluding carboxylic acids is 2. The number of aliphatic hydroxyl groups is 4. The number of esters is 2. The Morgan fingerprint density at radius 2 is 0.898 bits per heavy atom. The number of hydrogen-bond acceptors (Lipinski definition) is 10. The van der Waals surface area contributed by atoms with Crippen LogP contribution in [0.5, 0.6) is 0 Å². The average molecular weight is 841 g/mol. The predicted molar refractivity (Wildman–Crippen MR) is 238 cm³/mol. The van der Waals surface area contributed by atoms with Crippen LogP contribution in [0.15, 0.2) is 12.2 Å². The Bertz CT molecular complexity index is 974. The monoisotopic (exact) mass is 841 g/mol. The van der Waals surface area contributed by atoms with Crippen molar-refractivity contribution in [2.45, 2.75) is 269 Å².